The van der Waals surface area contributed by atoms with E-state index in [2.05, 4.69) is 10.4 Å². The van der Waals surface area contributed by atoms with Crippen LogP contribution in [0.5, 0.6) is 0 Å². The van der Waals surface area contributed by atoms with Crippen molar-refractivity contribution in [2.75, 3.05) is 19.5 Å². The topological polar surface area (TPSA) is 101 Å². The highest BCUT2D eigenvalue weighted by Crippen LogP contribution is 2.21. The lowest BCUT2D eigenvalue weighted by Crippen LogP contribution is -2.33. The summed E-state index contributed by atoms with van der Waals surface area (Å²) in [6, 6.07) is 7.38. The molecule has 3 aromatic rings. The molecule has 27 heavy (non-hydrogen) atoms. The number of nitrogens with one attached hydrogen (secondary N) is 1. The van der Waals surface area contributed by atoms with Gasteiger partial charge in [-0.05, 0) is 30.7 Å². The fourth-order valence-corrected chi connectivity index (χ4v) is 4.28. The molecule has 2 heterocycles. The van der Waals surface area contributed by atoms with Crippen molar-refractivity contribution in [2.45, 2.75) is 18.2 Å². The van der Waals surface area contributed by atoms with E-state index >= 15 is 0 Å². The lowest BCUT2D eigenvalue weighted by molar-refractivity contribution is 0.101. The van der Waals surface area contributed by atoms with E-state index in [1.165, 1.54) is 56.0 Å². The third-order valence-electron chi connectivity index (χ3n) is 3.95. The molecule has 0 aliphatic rings. The molecule has 0 radical (unpaired) electrons. The molecule has 10 heteroatoms. The Morgan fingerprint density at radius 1 is 1.30 bits per heavy atom. The van der Waals surface area contributed by atoms with Crippen molar-refractivity contribution in [1.29, 1.82) is 0 Å². The molecule has 3 rings (SSSR count). The lowest BCUT2D eigenvalue weighted by Gasteiger charge is -2.12. The van der Waals surface area contributed by atoms with Crippen LogP contribution >= 0.6 is 11.3 Å². The number of hydrogen-bond donors (Lipinski definition) is 1. The minimum atomic E-state index is -3.67. The Hall–Kier alpha value is -2.56. The number of carbonyl (C=O) groups excluding carboxylic acids is 1. The predicted molar refractivity (Wildman–Crippen MR) is 104 cm³/mol. The zero-order valence-electron chi connectivity index (χ0n) is 15.0. The van der Waals surface area contributed by atoms with Gasteiger partial charge in [0.2, 0.25) is 10.0 Å². The Bertz CT molecular complexity index is 1180. The van der Waals surface area contributed by atoms with Crippen molar-refractivity contribution in [3.8, 4) is 0 Å². The molecule has 0 spiro atoms. The van der Waals surface area contributed by atoms with Crippen LogP contribution in [0.15, 0.2) is 46.3 Å². The van der Waals surface area contributed by atoms with Gasteiger partial charge in [-0.15, -0.1) is 11.3 Å². The minimum absolute atomic E-state index is 0.00787. The second kappa shape index (κ2) is 7.22. The van der Waals surface area contributed by atoms with Crippen LogP contribution in [0.25, 0.3) is 10.2 Å². The molecule has 0 unspecified atom stereocenters. The first-order valence-corrected chi connectivity index (χ1v) is 10.3. The van der Waals surface area contributed by atoms with Gasteiger partial charge in [0.05, 0.1) is 10.3 Å². The van der Waals surface area contributed by atoms with Gasteiger partial charge in [-0.2, -0.15) is 0 Å². The Labute approximate surface area is 160 Å². The van der Waals surface area contributed by atoms with Crippen LogP contribution in [0.1, 0.15) is 22.2 Å². The minimum Gasteiger partial charge on any atom is -0.267 e. The van der Waals surface area contributed by atoms with Crippen molar-refractivity contribution < 1.29 is 13.2 Å². The molecule has 0 saturated carbocycles. The summed E-state index contributed by atoms with van der Waals surface area (Å²) < 4.78 is 26.5. The van der Waals surface area contributed by atoms with E-state index in [0.29, 0.717) is 10.2 Å². The van der Waals surface area contributed by atoms with E-state index in [1.54, 1.807) is 6.07 Å². The monoisotopic (exact) mass is 406 g/mol. The highest BCUT2D eigenvalue weighted by molar-refractivity contribution is 7.89. The number of amides is 1. The molecule has 1 amide bonds. The van der Waals surface area contributed by atoms with Crippen molar-refractivity contribution >= 4 is 37.5 Å². The summed E-state index contributed by atoms with van der Waals surface area (Å²) in [6.07, 6.45) is 2.04. The van der Waals surface area contributed by atoms with Gasteiger partial charge in [0.15, 0.2) is 0 Å². The standard InChI is InChI=1S/C17H18N4O4S2/c1-4-12-9-14-16(26-12)18-10-21(17(14)23)19-15(22)11-6-5-7-13(8-11)27(24,25)20(2)3/h5-10H,4H2,1-3H3,(H,19,22). The molecule has 0 saturated heterocycles. The predicted octanol–water partition coefficient (Wildman–Crippen LogP) is 1.65. The second-order valence-corrected chi connectivity index (χ2v) is 9.23. The van der Waals surface area contributed by atoms with E-state index in [4.69, 9.17) is 0 Å². The highest BCUT2D eigenvalue weighted by atomic mass is 32.2. The number of carbonyl (C=O) groups is 1. The summed E-state index contributed by atoms with van der Waals surface area (Å²) in [6.45, 7) is 1.99. The van der Waals surface area contributed by atoms with Crippen LogP contribution in [0.4, 0.5) is 0 Å². The van der Waals surface area contributed by atoms with Crippen LogP contribution < -0.4 is 11.0 Å². The van der Waals surface area contributed by atoms with Crippen molar-refractivity contribution in [1.82, 2.24) is 14.0 Å². The van der Waals surface area contributed by atoms with Crippen LogP contribution in [-0.4, -0.2) is 42.4 Å². The maximum Gasteiger partial charge on any atom is 0.280 e. The van der Waals surface area contributed by atoms with Crippen LogP contribution in [0, 0.1) is 0 Å². The number of nitrogens with zero attached hydrogens (tertiary/aromatic N) is 3. The van der Waals surface area contributed by atoms with Crippen molar-refractivity contribution in [3.63, 3.8) is 0 Å². The van der Waals surface area contributed by atoms with E-state index in [-0.39, 0.29) is 16.0 Å². The van der Waals surface area contributed by atoms with E-state index in [1.807, 2.05) is 6.92 Å². The maximum atomic E-state index is 12.6. The quantitative estimate of drug-likeness (QED) is 0.694. The summed E-state index contributed by atoms with van der Waals surface area (Å²) in [7, 11) is -0.848. The third kappa shape index (κ3) is 3.64. The SMILES string of the molecule is CCc1cc2c(=O)n(NC(=O)c3cccc(S(=O)(=O)N(C)C)c3)cnc2s1. The Balaban J connectivity index is 1.93. The average molecular weight is 406 g/mol. The van der Waals surface area contributed by atoms with Crippen molar-refractivity contribution in [2.24, 2.45) is 0 Å². The van der Waals surface area contributed by atoms with Crippen LogP contribution in [0.2, 0.25) is 0 Å². The van der Waals surface area contributed by atoms with Gasteiger partial charge in [-0.3, -0.25) is 15.0 Å². The largest absolute Gasteiger partial charge is 0.280 e. The van der Waals surface area contributed by atoms with E-state index in [0.717, 1.165) is 20.3 Å². The molecular weight excluding hydrogens is 388 g/mol. The first-order chi connectivity index (χ1) is 12.7. The first kappa shape index (κ1) is 19.2. The molecule has 0 atom stereocenters. The zero-order chi connectivity index (χ0) is 19.8. The number of benzene rings is 1. The lowest BCUT2D eigenvalue weighted by atomic mass is 10.2. The highest BCUT2D eigenvalue weighted by Gasteiger charge is 2.19. The van der Waals surface area contributed by atoms with Gasteiger partial charge in [0.25, 0.3) is 11.5 Å². The summed E-state index contributed by atoms with van der Waals surface area (Å²) in [5.74, 6) is -0.611. The van der Waals surface area contributed by atoms with Gasteiger partial charge in [-0.1, -0.05) is 13.0 Å². The number of aryl methyl sites for hydroxylation is 1. The van der Waals surface area contributed by atoms with Crippen LogP contribution in [0.3, 0.4) is 0 Å². The molecule has 142 valence electrons. The second-order valence-electron chi connectivity index (χ2n) is 5.96. The molecule has 2 aromatic heterocycles. The van der Waals surface area contributed by atoms with Crippen molar-refractivity contribution in [3.05, 3.63) is 57.5 Å². The fourth-order valence-electron chi connectivity index (χ4n) is 2.41. The Morgan fingerprint density at radius 3 is 2.70 bits per heavy atom. The molecule has 8 nitrogen and oxygen atoms in total. The van der Waals surface area contributed by atoms with Crippen LogP contribution in [-0.2, 0) is 16.4 Å². The number of thiophene rings is 1. The molecule has 0 bridgehead atoms. The molecule has 0 aliphatic heterocycles. The molecule has 0 aliphatic carbocycles. The Kier molecular flexibility index (Phi) is 5.13. The number of aromatic nitrogens is 2. The molecule has 1 aromatic carbocycles. The average Bonchev–Trinajstić information content (AvgIpc) is 3.08. The van der Waals surface area contributed by atoms with Gasteiger partial charge in [-0.25, -0.2) is 22.4 Å². The van der Waals surface area contributed by atoms with Gasteiger partial charge < -0.3 is 0 Å². The summed E-state index contributed by atoms with van der Waals surface area (Å²) in [5, 5.41) is 0.434. The fraction of sp³-hybridized carbons (Fsp3) is 0.235. The number of sulfonamides is 1. The molecular formula is C17H18N4O4S2. The number of hydrogen-bond acceptors (Lipinski definition) is 6. The van der Waals surface area contributed by atoms with E-state index in [9.17, 15) is 18.0 Å². The number of rotatable bonds is 5. The normalized spacial score (nSPS) is 11.9. The smallest absolute Gasteiger partial charge is 0.267 e. The maximum absolute atomic E-state index is 12.6. The summed E-state index contributed by atoms with van der Waals surface area (Å²) in [5.41, 5.74) is 2.18. The zero-order valence-corrected chi connectivity index (χ0v) is 16.6. The summed E-state index contributed by atoms with van der Waals surface area (Å²) >= 11 is 1.43. The molecule has 0 fully saturated rings. The van der Waals surface area contributed by atoms with Gasteiger partial charge in [0.1, 0.15) is 11.2 Å². The van der Waals surface area contributed by atoms with Gasteiger partial charge in [0, 0.05) is 24.5 Å². The van der Waals surface area contributed by atoms with E-state index < -0.39 is 15.9 Å². The summed E-state index contributed by atoms with van der Waals surface area (Å²) in [4.78, 5) is 30.9. The number of fused-ring (bicyclic) bond motifs is 1. The Morgan fingerprint density at radius 2 is 2.04 bits per heavy atom. The van der Waals surface area contributed by atoms with Gasteiger partial charge >= 0.3 is 0 Å². The first-order valence-electron chi connectivity index (χ1n) is 8.08. The third-order valence-corrected chi connectivity index (χ3v) is 6.95. The molecule has 1 N–H and O–H groups in total.